The van der Waals surface area contributed by atoms with Crippen LogP contribution in [0.2, 0.25) is 5.02 Å². The van der Waals surface area contributed by atoms with Crippen LogP contribution in [-0.2, 0) is 24.1 Å². The summed E-state index contributed by atoms with van der Waals surface area (Å²) >= 11 is 10.4. The molecular weight excluding hydrogens is 545 g/mol. The Labute approximate surface area is 205 Å². The van der Waals surface area contributed by atoms with Gasteiger partial charge in [-0.1, -0.05) is 45.4 Å². The van der Waals surface area contributed by atoms with Crippen molar-refractivity contribution < 1.29 is 22.7 Å². The molecule has 33 heavy (non-hydrogen) atoms. The van der Waals surface area contributed by atoms with Crippen LogP contribution >= 0.6 is 39.3 Å². The van der Waals surface area contributed by atoms with Gasteiger partial charge in [0, 0.05) is 11.0 Å². The predicted octanol–water partition coefficient (Wildman–Crippen LogP) is 6.21. The standard InChI is InChI=1S/C21H17BrClF3N4O2S/c1-2-9-30-18(11-32-15-6-4-14(22)5-7-15)28-29-20(30)33-12-19(31)27-17-10-13(21(24,25)26)3-8-16(17)23/h2-8,10H,1,9,11-12H2,(H,27,31). The van der Waals surface area contributed by atoms with Crippen molar-refractivity contribution in [1.29, 1.82) is 0 Å². The Balaban J connectivity index is 1.64. The molecule has 0 aliphatic rings. The number of halogens is 5. The highest BCUT2D eigenvalue weighted by atomic mass is 79.9. The van der Waals surface area contributed by atoms with Gasteiger partial charge in [0.2, 0.25) is 5.91 Å². The van der Waals surface area contributed by atoms with Gasteiger partial charge in [-0.25, -0.2) is 0 Å². The van der Waals surface area contributed by atoms with Crippen molar-refractivity contribution in [2.45, 2.75) is 24.5 Å². The van der Waals surface area contributed by atoms with Crippen LogP contribution in [0.3, 0.4) is 0 Å². The zero-order valence-corrected chi connectivity index (χ0v) is 20.1. The quantitative estimate of drug-likeness (QED) is 0.249. The zero-order chi connectivity index (χ0) is 24.0. The van der Waals surface area contributed by atoms with E-state index in [0.29, 0.717) is 23.3 Å². The number of hydrogen-bond donors (Lipinski definition) is 1. The summed E-state index contributed by atoms with van der Waals surface area (Å²) in [6.07, 6.45) is -2.90. The maximum absolute atomic E-state index is 12.9. The Hall–Kier alpha value is -2.50. The third-order valence-electron chi connectivity index (χ3n) is 4.19. The number of rotatable bonds is 9. The second kappa shape index (κ2) is 11.1. The monoisotopic (exact) mass is 560 g/mol. The summed E-state index contributed by atoms with van der Waals surface area (Å²) < 4.78 is 47.1. The Morgan fingerprint density at radius 2 is 1.97 bits per heavy atom. The average molecular weight is 562 g/mol. The number of carbonyl (C=O) groups excluding carboxylic acids is 1. The molecule has 3 rings (SSSR count). The lowest BCUT2D eigenvalue weighted by Crippen LogP contribution is -2.16. The van der Waals surface area contributed by atoms with Crippen LogP contribution in [0.15, 0.2) is 64.7 Å². The predicted molar refractivity (Wildman–Crippen MR) is 125 cm³/mol. The van der Waals surface area contributed by atoms with Crippen LogP contribution < -0.4 is 10.1 Å². The molecule has 1 amide bonds. The second-order valence-corrected chi connectivity index (χ2v) is 8.84. The van der Waals surface area contributed by atoms with Gasteiger partial charge in [0.1, 0.15) is 12.4 Å². The van der Waals surface area contributed by atoms with Crippen LogP contribution in [-0.4, -0.2) is 26.4 Å². The number of thioether (sulfide) groups is 1. The van der Waals surface area contributed by atoms with E-state index in [1.54, 1.807) is 22.8 Å². The van der Waals surface area contributed by atoms with Crippen molar-refractivity contribution in [2.24, 2.45) is 0 Å². The zero-order valence-electron chi connectivity index (χ0n) is 16.9. The van der Waals surface area contributed by atoms with E-state index < -0.39 is 17.6 Å². The summed E-state index contributed by atoms with van der Waals surface area (Å²) in [4.78, 5) is 12.3. The van der Waals surface area contributed by atoms with Crippen LogP contribution in [0.4, 0.5) is 18.9 Å². The number of benzene rings is 2. The molecule has 0 atom stereocenters. The summed E-state index contributed by atoms with van der Waals surface area (Å²) in [6.45, 7) is 4.25. The Bertz CT molecular complexity index is 1140. The molecule has 0 spiro atoms. The maximum Gasteiger partial charge on any atom is 0.416 e. The molecule has 3 aromatic rings. The van der Waals surface area contributed by atoms with Crippen LogP contribution in [0.25, 0.3) is 0 Å². The fourth-order valence-electron chi connectivity index (χ4n) is 2.64. The van der Waals surface area contributed by atoms with Crippen molar-refractivity contribution in [3.63, 3.8) is 0 Å². The summed E-state index contributed by atoms with van der Waals surface area (Å²) in [6, 6.07) is 10.0. The Morgan fingerprint density at radius 3 is 2.64 bits per heavy atom. The summed E-state index contributed by atoms with van der Waals surface area (Å²) in [5.41, 5.74) is -1.02. The molecule has 0 fully saturated rings. The summed E-state index contributed by atoms with van der Waals surface area (Å²) in [5, 5.41) is 11.1. The van der Waals surface area contributed by atoms with Crippen LogP contribution in [0.5, 0.6) is 5.75 Å². The first-order valence-corrected chi connectivity index (χ1v) is 11.5. The number of ether oxygens (including phenoxy) is 1. The minimum Gasteiger partial charge on any atom is -0.486 e. The third-order valence-corrected chi connectivity index (χ3v) is 6.01. The number of amides is 1. The molecule has 0 saturated heterocycles. The molecule has 6 nitrogen and oxygen atoms in total. The van der Waals surface area contributed by atoms with Gasteiger partial charge in [0.05, 0.1) is 22.0 Å². The van der Waals surface area contributed by atoms with E-state index in [2.05, 4.69) is 38.0 Å². The van der Waals surface area contributed by atoms with Gasteiger partial charge in [-0.3, -0.25) is 9.36 Å². The van der Waals surface area contributed by atoms with Crippen molar-refractivity contribution in [3.8, 4) is 5.75 Å². The van der Waals surface area contributed by atoms with Gasteiger partial charge >= 0.3 is 6.18 Å². The molecule has 174 valence electrons. The van der Waals surface area contributed by atoms with Crippen molar-refractivity contribution in [2.75, 3.05) is 11.1 Å². The molecule has 0 aliphatic heterocycles. The SMILES string of the molecule is C=CCn1c(COc2ccc(Br)cc2)nnc1SCC(=O)Nc1cc(C(F)(F)F)ccc1Cl. The van der Waals surface area contributed by atoms with E-state index in [1.807, 2.05) is 12.1 Å². The number of alkyl halides is 3. The number of allylic oxidation sites excluding steroid dienone is 1. The van der Waals surface area contributed by atoms with E-state index in [-0.39, 0.29) is 23.1 Å². The lowest BCUT2D eigenvalue weighted by Gasteiger charge is -2.12. The molecule has 0 bridgehead atoms. The van der Waals surface area contributed by atoms with E-state index >= 15 is 0 Å². The van der Waals surface area contributed by atoms with E-state index in [9.17, 15) is 18.0 Å². The summed E-state index contributed by atoms with van der Waals surface area (Å²) in [7, 11) is 0. The van der Waals surface area contributed by atoms with Crippen LogP contribution in [0.1, 0.15) is 11.4 Å². The highest BCUT2D eigenvalue weighted by molar-refractivity contribution is 9.10. The van der Waals surface area contributed by atoms with Gasteiger partial charge in [0.25, 0.3) is 0 Å². The van der Waals surface area contributed by atoms with Gasteiger partial charge in [0.15, 0.2) is 11.0 Å². The molecule has 1 N–H and O–H groups in total. The number of carbonyl (C=O) groups is 1. The molecular formula is C21H17BrClF3N4O2S. The van der Waals surface area contributed by atoms with Gasteiger partial charge in [-0.2, -0.15) is 13.2 Å². The molecule has 0 radical (unpaired) electrons. The number of aromatic nitrogens is 3. The lowest BCUT2D eigenvalue weighted by atomic mass is 10.2. The second-order valence-electron chi connectivity index (χ2n) is 6.57. The first-order chi connectivity index (χ1) is 15.7. The molecule has 0 unspecified atom stereocenters. The largest absolute Gasteiger partial charge is 0.486 e. The highest BCUT2D eigenvalue weighted by Gasteiger charge is 2.31. The van der Waals surface area contributed by atoms with E-state index in [0.717, 1.165) is 34.4 Å². The van der Waals surface area contributed by atoms with Crippen molar-refractivity contribution in [3.05, 3.63) is 76.0 Å². The molecule has 12 heteroatoms. The summed E-state index contributed by atoms with van der Waals surface area (Å²) in [5.74, 6) is 0.525. The van der Waals surface area contributed by atoms with E-state index in [4.69, 9.17) is 16.3 Å². The molecule has 0 saturated carbocycles. The first kappa shape index (κ1) is 25.1. The van der Waals surface area contributed by atoms with Crippen LogP contribution in [0, 0.1) is 0 Å². The fraction of sp³-hybridized carbons (Fsp3) is 0.190. The Kier molecular flexibility index (Phi) is 8.44. The molecule has 1 heterocycles. The molecule has 2 aromatic carbocycles. The lowest BCUT2D eigenvalue weighted by molar-refractivity contribution is -0.137. The topological polar surface area (TPSA) is 69.0 Å². The maximum atomic E-state index is 12.9. The fourth-order valence-corrected chi connectivity index (χ4v) is 3.83. The number of anilines is 1. The molecule has 1 aromatic heterocycles. The average Bonchev–Trinajstić information content (AvgIpc) is 3.14. The molecule has 0 aliphatic carbocycles. The number of nitrogens with zero attached hydrogens (tertiary/aromatic N) is 3. The number of hydrogen-bond acceptors (Lipinski definition) is 5. The normalized spacial score (nSPS) is 11.3. The number of nitrogens with one attached hydrogen (secondary N) is 1. The van der Waals surface area contributed by atoms with Crippen molar-refractivity contribution in [1.82, 2.24) is 14.8 Å². The van der Waals surface area contributed by atoms with Crippen molar-refractivity contribution >= 4 is 50.9 Å². The van der Waals surface area contributed by atoms with Gasteiger partial charge in [-0.15, -0.1) is 16.8 Å². The minimum absolute atomic E-state index is 0.00329. The van der Waals surface area contributed by atoms with E-state index in [1.165, 1.54) is 0 Å². The smallest absolute Gasteiger partial charge is 0.416 e. The van der Waals surface area contributed by atoms with Gasteiger partial charge < -0.3 is 10.1 Å². The minimum atomic E-state index is -4.55. The third kappa shape index (κ3) is 6.99. The Morgan fingerprint density at radius 1 is 1.24 bits per heavy atom. The highest BCUT2D eigenvalue weighted by Crippen LogP contribution is 2.34. The first-order valence-electron chi connectivity index (χ1n) is 9.38. The van der Waals surface area contributed by atoms with Gasteiger partial charge in [-0.05, 0) is 42.5 Å².